The highest BCUT2D eigenvalue weighted by Gasteiger charge is 2.08. The molecule has 3 aromatic carbocycles. The minimum absolute atomic E-state index is 0.0523. The third-order valence-electron chi connectivity index (χ3n) is 4.58. The first-order chi connectivity index (χ1) is 15.4. The molecule has 0 amide bonds. The number of non-ortho nitro benzene ring substituents is 2. The van der Waals surface area contributed by atoms with E-state index in [1.165, 1.54) is 48.5 Å². The average molecular weight is 422 g/mol. The number of nitrogens with zero attached hydrogens (tertiary/aromatic N) is 4. The van der Waals surface area contributed by atoms with Crippen LogP contribution >= 0.6 is 0 Å². The minimum atomic E-state index is -0.502. The summed E-state index contributed by atoms with van der Waals surface area (Å²) in [6.45, 7) is 0. The van der Waals surface area contributed by atoms with Gasteiger partial charge in [-0.05, 0) is 58.7 Å². The van der Waals surface area contributed by atoms with E-state index in [0.717, 1.165) is 11.1 Å². The fraction of sp³-hybridized carbons (Fsp3) is 0. The molecule has 0 aliphatic carbocycles. The Morgan fingerprint density at radius 1 is 0.625 bits per heavy atom. The van der Waals surface area contributed by atoms with E-state index in [4.69, 9.17) is 0 Å². The first kappa shape index (κ1) is 21.6. The lowest BCUT2D eigenvalue weighted by Gasteiger charge is -2.02. The van der Waals surface area contributed by atoms with E-state index < -0.39 is 9.85 Å². The Balaban J connectivity index is 1.84. The summed E-state index contributed by atoms with van der Waals surface area (Å²) < 4.78 is 0. The van der Waals surface area contributed by atoms with Crippen LogP contribution in [0, 0.1) is 42.9 Å². The minimum Gasteiger partial charge on any atom is -0.258 e. The fourth-order valence-corrected chi connectivity index (χ4v) is 2.91. The first-order valence-electron chi connectivity index (χ1n) is 9.24. The van der Waals surface area contributed by atoms with Crippen LogP contribution in [-0.4, -0.2) is 9.85 Å². The molecule has 0 radical (unpaired) electrons. The second-order valence-electron chi connectivity index (χ2n) is 6.61. The maximum atomic E-state index is 10.8. The highest BCUT2D eigenvalue weighted by Crippen LogP contribution is 2.23. The van der Waals surface area contributed by atoms with E-state index in [0.29, 0.717) is 22.3 Å². The van der Waals surface area contributed by atoms with Gasteiger partial charge in [-0.1, -0.05) is 24.3 Å². The molecule has 0 fully saturated rings. The van der Waals surface area contributed by atoms with Crippen LogP contribution in [0.25, 0.3) is 23.3 Å². The summed E-state index contributed by atoms with van der Waals surface area (Å²) in [7, 11) is 0. The lowest BCUT2D eigenvalue weighted by atomic mass is 10.0. The first-order valence-corrected chi connectivity index (χ1v) is 9.24. The van der Waals surface area contributed by atoms with Gasteiger partial charge in [0.25, 0.3) is 11.4 Å². The normalized spacial score (nSPS) is 11.3. The van der Waals surface area contributed by atoms with Crippen LogP contribution in [0.15, 0.2) is 72.8 Å². The lowest BCUT2D eigenvalue weighted by molar-refractivity contribution is -0.385. The van der Waals surface area contributed by atoms with Crippen molar-refractivity contribution in [3.05, 3.63) is 115 Å². The van der Waals surface area contributed by atoms with Crippen molar-refractivity contribution >= 4 is 34.7 Å². The molecular weight excluding hydrogens is 408 g/mol. The summed E-state index contributed by atoms with van der Waals surface area (Å²) in [6.07, 6.45) is 3.33. The molecule has 0 bridgehead atoms. The Labute approximate surface area is 182 Å². The van der Waals surface area contributed by atoms with E-state index in [2.05, 4.69) is 12.1 Å². The van der Waals surface area contributed by atoms with Gasteiger partial charge >= 0.3 is 0 Å². The van der Waals surface area contributed by atoms with Gasteiger partial charge in [0.2, 0.25) is 0 Å². The summed E-state index contributed by atoms with van der Waals surface area (Å²) in [5, 5.41) is 40.5. The average Bonchev–Trinajstić information content (AvgIpc) is 2.82. The number of hydrogen-bond donors (Lipinski definition) is 0. The molecular formula is C24H14N4O4. The molecule has 0 aliphatic rings. The molecule has 0 unspecified atom stereocenters. The molecule has 0 aliphatic heterocycles. The van der Waals surface area contributed by atoms with Gasteiger partial charge in [-0.15, -0.1) is 0 Å². The predicted molar refractivity (Wildman–Crippen MR) is 120 cm³/mol. The maximum absolute atomic E-state index is 10.8. The zero-order valence-electron chi connectivity index (χ0n) is 16.5. The van der Waals surface area contributed by atoms with Crippen LogP contribution in [-0.2, 0) is 0 Å². The number of nitro groups is 2. The van der Waals surface area contributed by atoms with Crippen LogP contribution in [0.3, 0.4) is 0 Å². The van der Waals surface area contributed by atoms with Crippen molar-refractivity contribution in [1.29, 1.82) is 10.5 Å². The van der Waals surface area contributed by atoms with Gasteiger partial charge in [-0.2, -0.15) is 10.5 Å². The highest BCUT2D eigenvalue weighted by atomic mass is 16.6. The quantitative estimate of drug-likeness (QED) is 0.219. The molecule has 0 saturated carbocycles. The standard InChI is InChI=1S/C24H14N4O4/c25-15-21(19-5-9-23(10-6-19)27(29)30)13-17-1-2-18(4-3-17)14-22(16-26)20-7-11-24(12-8-20)28(31)32/h1-14H. The molecule has 8 heteroatoms. The summed E-state index contributed by atoms with van der Waals surface area (Å²) in [6, 6.07) is 22.8. The monoisotopic (exact) mass is 422 g/mol. The SMILES string of the molecule is N#CC(=Cc1ccc(C=C(C#N)c2ccc([N+](=O)[O-])cc2)cc1)c1ccc([N+](=O)[O-])cc1. The van der Waals surface area contributed by atoms with Crippen molar-refractivity contribution < 1.29 is 9.85 Å². The second-order valence-corrected chi connectivity index (χ2v) is 6.61. The largest absolute Gasteiger partial charge is 0.269 e. The van der Waals surface area contributed by atoms with Crippen LogP contribution < -0.4 is 0 Å². The van der Waals surface area contributed by atoms with Crippen LogP contribution in [0.4, 0.5) is 11.4 Å². The number of hydrogen-bond acceptors (Lipinski definition) is 6. The zero-order valence-corrected chi connectivity index (χ0v) is 16.5. The van der Waals surface area contributed by atoms with Gasteiger partial charge in [-0.3, -0.25) is 20.2 Å². The molecule has 0 aromatic heterocycles. The molecule has 32 heavy (non-hydrogen) atoms. The maximum Gasteiger partial charge on any atom is 0.269 e. The Morgan fingerprint density at radius 3 is 1.19 bits per heavy atom. The van der Waals surface area contributed by atoms with Gasteiger partial charge in [0.15, 0.2) is 0 Å². The number of nitro benzene ring substituents is 2. The molecule has 0 saturated heterocycles. The molecule has 0 atom stereocenters. The molecule has 154 valence electrons. The van der Waals surface area contributed by atoms with E-state index in [-0.39, 0.29) is 11.4 Å². The molecule has 3 aromatic rings. The molecule has 0 heterocycles. The van der Waals surface area contributed by atoms with Crippen LogP contribution in [0.5, 0.6) is 0 Å². The number of rotatable bonds is 6. The summed E-state index contributed by atoms with van der Waals surface area (Å²) >= 11 is 0. The van der Waals surface area contributed by atoms with Crippen molar-refractivity contribution in [2.24, 2.45) is 0 Å². The Bertz CT molecular complexity index is 1200. The summed E-state index contributed by atoms with van der Waals surface area (Å²) in [5.41, 5.74) is 3.21. The zero-order chi connectivity index (χ0) is 23.1. The van der Waals surface area contributed by atoms with Gasteiger partial charge < -0.3 is 0 Å². The third kappa shape index (κ3) is 5.09. The van der Waals surface area contributed by atoms with Crippen molar-refractivity contribution in [1.82, 2.24) is 0 Å². The molecule has 8 nitrogen and oxygen atoms in total. The van der Waals surface area contributed by atoms with E-state index in [9.17, 15) is 30.8 Å². The topological polar surface area (TPSA) is 134 Å². The number of nitriles is 2. The van der Waals surface area contributed by atoms with Gasteiger partial charge in [0, 0.05) is 24.3 Å². The Kier molecular flexibility index (Phi) is 6.50. The lowest BCUT2D eigenvalue weighted by Crippen LogP contribution is -1.89. The third-order valence-corrected chi connectivity index (χ3v) is 4.58. The van der Waals surface area contributed by atoms with Crippen LogP contribution in [0.2, 0.25) is 0 Å². The second kappa shape index (κ2) is 9.61. The number of benzene rings is 3. The van der Waals surface area contributed by atoms with E-state index in [1.54, 1.807) is 36.4 Å². The predicted octanol–water partition coefficient (Wildman–Crippen LogP) is 5.63. The Morgan fingerprint density at radius 2 is 0.938 bits per heavy atom. The van der Waals surface area contributed by atoms with E-state index in [1.807, 2.05) is 0 Å². The van der Waals surface area contributed by atoms with Gasteiger partial charge in [-0.25, -0.2) is 0 Å². The van der Waals surface area contributed by atoms with Crippen molar-refractivity contribution in [2.75, 3.05) is 0 Å². The molecule has 0 spiro atoms. The summed E-state index contributed by atoms with van der Waals surface area (Å²) in [4.78, 5) is 20.6. The van der Waals surface area contributed by atoms with Crippen molar-refractivity contribution in [3.8, 4) is 12.1 Å². The molecule has 3 rings (SSSR count). The Hall–Kier alpha value is -5.08. The van der Waals surface area contributed by atoms with Crippen LogP contribution in [0.1, 0.15) is 22.3 Å². The molecule has 0 N–H and O–H groups in total. The number of allylic oxidation sites excluding steroid dienone is 2. The van der Waals surface area contributed by atoms with Crippen molar-refractivity contribution in [2.45, 2.75) is 0 Å². The smallest absolute Gasteiger partial charge is 0.258 e. The highest BCUT2D eigenvalue weighted by molar-refractivity contribution is 5.91. The fourth-order valence-electron chi connectivity index (χ4n) is 2.91. The summed E-state index contributed by atoms with van der Waals surface area (Å²) in [5.74, 6) is 0. The van der Waals surface area contributed by atoms with Gasteiger partial charge in [0.05, 0.1) is 33.1 Å². The van der Waals surface area contributed by atoms with Gasteiger partial charge in [0.1, 0.15) is 0 Å². The van der Waals surface area contributed by atoms with Crippen molar-refractivity contribution in [3.63, 3.8) is 0 Å². The van der Waals surface area contributed by atoms with E-state index >= 15 is 0 Å².